The summed E-state index contributed by atoms with van der Waals surface area (Å²) in [5.74, 6) is -0.0240. The maximum absolute atomic E-state index is 12.4. The van der Waals surface area contributed by atoms with Crippen LogP contribution in [0.2, 0.25) is 0 Å². The lowest BCUT2D eigenvalue weighted by atomic mass is 10.1. The van der Waals surface area contributed by atoms with E-state index in [0.29, 0.717) is 38.2 Å². The van der Waals surface area contributed by atoms with Gasteiger partial charge >= 0.3 is 0 Å². The molecule has 1 aromatic rings. The molecule has 110 valence electrons. The van der Waals surface area contributed by atoms with Gasteiger partial charge in [0.1, 0.15) is 0 Å². The first-order valence-corrected chi connectivity index (χ1v) is 8.54. The lowest BCUT2D eigenvalue weighted by molar-refractivity contribution is 0.0764. The molecule has 0 unspecified atom stereocenters. The topological polar surface area (TPSA) is 57.7 Å². The Morgan fingerprint density at radius 3 is 2.55 bits per heavy atom. The van der Waals surface area contributed by atoms with E-state index >= 15 is 0 Å². The Kier molecular flexibility index (Phi) is 4.45. The van der Waals surface area contributed by atoms with Crippen molar-refractivity contribution < 1.29 is 13.2 Å². The Bertz CT molecular complexity index is 598. The minimum Gasteiger partial charge on any atom is -0.337 e. The molecule has 2 rings (SSSR count). The van der Waals surface area contributed by atoms with Crippen LogP contribution in [-0.2, 0) is 10.0 Å². The zero-order valence-corrected chi connectivity index (χ0v) is 12.7. The highest BCUT2D eigenvalue weighted by Gasteiger charge is 2.24. The van der Waals surface area contributed by atoms with Crippen molar-refractivity contribution >= 4 is 15.9 Å². The van der Waals surface area contributed by atoms with E-state index in [1.807, 2.05) is 25.1 Å². The van der Waals surface area contributed by atoms with Crippen LogP contribution in [0.1, 0.15) is 22.3 Å². The summed E-state index contributed by atoms with van der Waals surface area (Å²) >= 11 is 0. The Morgan fingerprint density at radius 1 is 1.15 bits per heavy atom. The average molecular weight is 296 g/mol. The van der Waals surface area contributed by atoms with E-state index in [2.05, 4.69) is 0 Å². The van der Waals surface area contributed by atoms with Crippen LogP contribution in [0.3, 0.4) is 0 Å². The summed E-state index contributed by atoms with van der Waals surface area (Å²) in [5, 5.41) is 0. The summed E-state index contributed by atoms with van der Waals surface area (Å²) in [5.41, 5.74) is 1.71. The third-order valence-corrected chi connectivity index (χ3v) is 4.78. The molecule has 0 spiro atoms. The van der Waals surface area contributed by atoms with Gasteiger partial charge in [-0.2, -0.15) is 0 Å². The number of hydrogen-bond acceptors (Lipinski definition) is 3. The van der Waals surface area contributed by atoms with E-state index in [-0.39, 0.29) is 5.91 Å². The van der Waals surface area contributed by atoms with E-state index in [1.165, 1.54) is 10.6 Å². The van der Waals surface area contributed by atoms with E-state index in [1.54, 1.807) is 11.0 Å². The largest absolute Gasteiger partial charge is 0.337 e. The van der Waals surface area contributed by atoms with Crippen molar-refractivity contribution in [3.05, 3.63) is 35.4 Å². The summed E-state index contributed by atoms with van der Waals surface area (Å²) < 4.78 is 24.5. The predicted molar refractivity (Wildman–Crippen MR) is 78.1 cm³/mol. The van der Waals surface area contributed by atoms with Gasteiger partial charge in [0.05, 0.1) is 6.26 Å². The molecule has 1 aliphatic heterocycles. The SMILES string of the molecule is Cc1cccc(C(=O)N2CCCN(S(C)(=O)=O)CC2)c1. The molecule has 0 aromatic heterocycles. The van der Waals surface area contributed by atoms with Gasteiger partial charge in [0.25, 0.3) is 5.91 Å². The fraction of sp³-hybridized carbons (Fsp3) is 0.500. The summed E-state index contributed by atoms with van der Waals surface area (Å²) in [4.78, 5) is 14.2. The summed E-state index contributed by atoms with van der Waals surface area (Å²) in [6, 6.07) is 7.48. The van der Waals surface area contributed by atoms with E-state index in [9.17, 15) is 13.2 Å². The highest BCUT2D eigenvalue weighted by atomic mass is 32.2. The lowest BCUT2D eigenvalue weighted by Gasteiger charge is -2.21. The molecule has 1 aliphatic rings. The van der Waals surface area contributed by atoms with Crippen molar-refractivity contribution in [3.8, 4) is 0 Å². The van der Waals surface area contributed by atoms with Crippen LogP contribution in [0.15, 0.2) is 24.3 Å². The van der Waals surface area contributed by atoms with Crippen molar-refractivity contribution in [2.24, 2.45) is 0 Å². The van der Waals surface area contributed by atoms with Gasteiger partial charge in [0, 0.05) is 31.7 Å². The molecule has 0 N–H and O–H groups in total. The second-order valence-corrected chi connectivity index (χ2v) is 7.16. The molecule has 1 amide bonds. The predicted octanol–water partition coefficient (Wildman–Crippen LogP) is 1.10. The fourth-order valence-corrected chi connectivity index (χ4v) is 3.26. The van der Waals surface area contributed by atoms with Gasteiger partial charge in [0.2, 0.25) is 10.0 Å². The number of hydrogen-bond donors (Lipinski definition) is 0. The highest BCUT2D eigenvalue weighted by molar-refractivity contribution is 7.88. The number of nitrogens with zero attached hydrogens (tertiary/aromatic N) is 2. The maximum Gasteiger partial charge on any atom is 0.253 e. The molecule has 0 saturated carbocycles. The fourth-order valence-electron chi connectivity index (χ4n) is 2.39. The van der Waals surface area contributed by atoms with Gasteiger partial charge in [-0.1, -0.05) is 17.7 Å². The molecule has 1 heterocycles. The Hall–Kier alpha value is -1.40. The van der Waals surface area contributed by atoms with Crippen LogP contribution in [0.5, 0.6) is 0 Å². The van der Waals surface area contributed by atoms with Gasteiger partial charge < -0.3 is 4.90 Å². The van der Waals surface area contributed by atoms with Gasteiger partial charge in [-0.05, 0) is 25.5 Å². The minimum atomic E-state index is -3.17. The number of sulfonamides is 1. The zero-order valence-electron chi connectivity index (χ0n) is 11.9. The molecular formula is C14H20N2O3S. The van der Waals surface area contributed by atoms with Crippen molar-refractivity contribution in [2.75, 3.05) is 32.4 Å². The molecule has 0 atom stereocenters. The van der Waals surface area contributed by atoms with Crippen LogP contribution >= 0.6 is 0 Å². The lowest BCUT2D eigenvalue weighted by Crippen LogP contribution is -2.36. The highest BCUT2D eigenvalue weighted by Crippen LogP contribution is 2.12. The molecule has 0 radical (unpaired) electrons. The monoisotopic (exact) mass is 296 g/mol. The number of amides is 1. The van der Waals surface area contributed by atoms with Gasteiger partial charge in [0.15, 0.2) is 0 Å². The molecular weight excluding hydrogens is 276 g/mol. The van der Waals surface area contributed by atoms with Crippen LogP contribution in [0.4, 0.5) is 0 Å². The van der Waals surface area contributed by atoms with Crippen molar-refractivity contribution in [3.63, 3.8) is 0 Å². The second kappa shape index (κ2) is 5.93. The molecule has 1 aromatic carbocycles. The molecule has 1 fully saturated rings. The van der Waals surface area contributed by atoms with Crippen molar-refractivity contribution in [1.29, 1.82) is 0 Å². The third-order valence-electron chi connectivity index (χ3n) is 3.48. The normalized spacial score (nSPS) is 17.8. The number of rotatable bonds is 2. The summed E-state index contributed by atoms with van der Waals surface area (Å²) in [6.45, 7) is 3.84. The molecule has 0 aliphatic carbocycles. The zero-order chi connectivity index (χ0) is 14.8. The molecule has 6 heteroatoms. The molecule has 5 nitrogen and oxygen atoms in total. The van der Waals surface area contributed by atoms with Crippen molar-refractivity contribution in [2.45, 2.75) is 13.3 Å². The first-order chi connectivity index (χ1) is 9.38. The maximum atomic E-state index is 12.4. The molecule has 20 heavy (non-hydrogen) atoms. The average Bonchev–Trinajstić information content (AvgIpc) is 2.63. The first-order valence-electron chi connectivity index (χ1n) is 6.69. The molecule has 0 bridgehead atoms. The number of benzene rings is 1. The van der Waals surface area contributed by atoms with E-state index in [0.717, 1.165) is 5.56 Å². The number of aryl methyl sites for hydroxylation is 1. The van der Waals surface area contributed by atoms with Crippen LogP contribution < -0.4 is 0 Å². The number of carbonyl (C=O) groups excluding carboxylic acids is 1. The quantitative estimate of drug-likeness (QED) is 0.821. The molecule has 1 saturated heterocycles. The van der Waals surface area contributed by atoms with Crippen LogP contribution in [0, 0.1) is 6.92 Å². The second-order valence-electron chi connectivity index (χ2n) is 5.18. The van der Waals surface area contributed by atoms with E-state index in [4.69, 9.17) is 0 Å². The summed E-state index contributed by atoms with van der Waals surface area (Å²) in [6.07, 6.45) is 1.88. The van der Waals surface area contributed by atoms with Gasteiger partial charge in [-0.15, -0.1) is 0 Å². The summed E-state index contributed by atoms with van der Waals surface area (Å²) in [7, 11) is -3.17. The third kappa shape index (κ3) is 3.58. The van der Waals surface area contributed by atoms with E-state index < -0.39 is 10.0 Å². The first kappa shape index (κ1) is 15.0. The Labute approximate surface area is 120 Å². The van der Waals surface area contributed by atoms with Gasteiger partial charge in [-0.3, -0.25) is 4.79 Å². The smallest absolute Gasteiger partial charge is 0.253 e. The van der Waals surface area contributed by atoms with Crippen LogP contribution in [-0.4, -0.2) is 56.0 Å². The Balaban J connectivity index is 2.09. The standard InChI is InChI=1S/C14H20N2O3S/c1-12-5-3-6-13(11-12)14(17)15-7-4-8-16(10-9-15)20(2,18)19/h3,5-6,11H,4,7-10H2,1-2H3. The minimum absolute atomic E-state index is 0.0240. The Morgan fingerprint density at radius 2 is 1.90 bits per heavy atom. The van der Waals surface area contributed by atoms with Crippen molar-refractivity contribution in [1.82, 2.24) is 9.21 Å². The van der Waals surface area contributed by atoms with Crippen LogP contribution in [0.25, 0.3) is 0 Å². The number of carbonyl (C=O) groups is 1. The van der Waals surface area contributed by atoms with Gasteiger partial charge in [-0.25, -0.2) is 12.7 Å².